The summed E-state index contributed by atoms with van der Waals surface area (Å²) in [5.41, 5.74) is 1.05. The van der Waals surface area contributed by atoms with E-state index in [-0.39, 0.29) is 11.5 Å². The number of benzene rings is 1. The Morgan fingerprint density at radius 3 is 2.28 bits per heavy atom. The lowest BCUT2D eigenvalue weighted by atomic mass is 10.2. The first kappa shape index (κ1) is 12.2. The molecule has 18 heavy (non-hydrogen) atoms. The second-order valence-corrected chi connectivity index (χ2v) is 4.14. The van der Waals surface area contributed by atoms with E-state index in [0.29, 0.717) is 0 Å². The van der Waals surface area contributed by atoms with E-state index in [1.54, 1.807) is 36.7 Å². The smallest absolute Gasteiger partial charge is 0.377 e. The van der Waals surface area contributed by atoms with Gasteiger partial charge in [0, 0.05) is 31.9 Å². The molecule has 4 heteroatoms. The molecule has 0 fully saturated rings. The molecule has 2 aromatic rings. The molecule has 1 aromatic heterocycles. The van der Waals surface area contributed by atoms with Crippen molar-refractivity contribution in [2.45, 2.75) is 0 Å². The van der Waals surface area contributed by atoms with Crippen LogP contribution in [0.4, 0.5) is 10.1 Å². The van der Waals surface area contributed by atoms with Gasteiger partial charge in [-0.3, -0.25) is 0 Å². The molecule has 0 N–H and O–H groups in total. The van der Waals surface area contributed by atoms with Crippen LogP contribution in [0, 0.1) is 5.82 Å². The summed E-state index contributed by atoms with van der Waals surface area (Å²) in [6.45, 7) is 0. The standard InChI is InChI=1S/C14H14FN2O/c1-16(2)11-7-9-17(10-8-11)14(18)12-5-3-4-6-13(12)15/h3-10H,1-2H3/q+1. The molecule has 1 aromatic carbocycles. The highest BCUT2D eigenvalue weighted by atomic mass is 19.1. The average molecular weight is 245 g/mol. The molecule has 92 valence electrons. The lowest BCUT2D eigenvalue weighted by Crippen LogP contribution is -2.42. The van der Waals surface area contributed by atoms with Crippen molar-refractivity contribution in [1.82, 2.24) is 0 Å². The van der Waals surface area contributed by atoms with Gasteiger partial charge in [-0.2, -0.15) is 0 Å². The number of anilines is 1. The predicted octanol–water partition coefficient (Wildman–Crippen LogP) is 1.87. The van der Waals surface area contributed by atoms with E-state index < -0.39 is 5.82 Å². The maximum absolute atomic E-state index is 13.5. The lowest BCUT2D eigenvalue weighted by Gasteiger charge is -2.10. The number of nitrogens with zero attached hydrogens (tertiary/aromatic N) is 2. The van der Waals surface area contributed by atoms with E-state index in [2.05, 4.69) is 0 Å². The summed E-state index contributed by atoms with van der Waals surface area (Å²) in [7, 11) is 3.83. The lowest BCUT2D eigenvalue weighted by molar-refractivity contribution is -0.570. The number of hydrogen-bond donors (Lipinski definition) is 0. The number of carbonyl (C=O) groups is 1. The summed E-state index contributed by atoms with van der Waals surface area (Å²) in [5, 5.41) is 0. The van der Waals surface area contributed by atoms with E-state index in [9.17, 15) is 9.18 Å². The third-order valence-corrected chi connectivity index (χ3v) is 2.67. The molecule has 0 amide bonds. The summed E-state index contributed by atoms with van der Waals surface area (Å²) in [4.78, 5) is 14.0. The van der Waals surface area contributed by atoms with Gasteiger partial charge in [0.2, 0.25) is 0 Å². The van der Waals surface area contributed by atoms with Crippen LogP contribution < -0.4 is 9.47 Å². The van der Waals surface area contributed by atoms with Crippen molar-refractivity contribution in [2.75, 3.05) is 19.0 Å². The maximum atomic E-state index is 13.5. The molecule has 3 nitrogen and oxygen atoms in total. The van der Waals surface area contributed by atoms with Gasteiger partial charge in [-0.25, -0.2) is 9.18 Å². The number of hydrogen-bond acceptors (Lipinski definition) is 2. The van der Waals surface area contributed by atoms with Crippen molar-refractivity contribution in [2.24, 2.45) is 0 Å². The Labute approximate surface area is 105 Å². The topological polar surface area (TPSA) is 24.2 Å². The first-order valence-corrected chi connectivity index (χ1v) is 5.57. The highest BCUT2D eigenvalue weighted by molar-refractivity contribution is 5.87. The Morgan fingerprint density at radius 1 is 1.11 bits per heavy atom. The number of halogens is 1. The van der Waals surface area contributed by atoms with Crippen LogP contribution in [-0.2, 0) is 0 Å². The highest BCUT2D eigenvalue weighted by Gasteiger charge is 2.20. The monoisotopic (exact) mass is 245 g/mol. The minimum Gasteiger partial charge on any atom is -0.377 e. The molecule has 1 heterocycles. The normalized spacial score (nSPS) is 10.2. The van der Waals surface area contributed by atoms with E-state index in [4.69, 9.17) is 0 Å². The second-order valence-electron chi connectivity index (χ2n) is 4.14. The van der Waals surface area contributed by atoms with Gasteiger partial charge in [0.1, 0.15) is 11.4 Å². The van der Waals surface area contributed by atoms with Crippen molar-refractivity contribution >= 4 is 11.6 Å². The van der Waals surface area contributed by atoms with Crippen LogP contribution in [0.2, 0.25) is 0 Å². The first-order chi connectivity index (χ1) is 8.59. The Morgan fingerprint density at radius 2 is 1.72 bits per heavy atom. The van der Waals surface area contributed by atoms with Gasteiger partial charge < -0.3 is 4.90 Å². The molecule has 0 aliphatic heterocycles. The van der Waals surface area contributed by atoms with Gasteiger partial charge in [0.15, 0.2) is 12.4 Å². The molecule has 2 rings (SSSR count). The van der Waals surface area contributed by atoms with Crippen LogP contribution >= 0.6 is 0 Å². The van der Waals surface area contributed by atoms with Crippen molar-refractivity contribution in [3.63, 3.8) is 0 Å². The number of pyridine rings is 1. The van der Waals surface area contributed by atoms with Crippen LogP contribution in [0.25, 0.3) is 0 Å². The predicted molar refractivity (Wildman–Crippen MR) is 67.1 cm³/mol. The Kier molecular flexibility index (Phi) is 3.37. The number of aromatic nitrogens is 1. The molecule has 0 unspecified atom stereocenters. The van der Waals surface area contributed by atoms with Crippen LogP contribution in [-0.4, -0.2) is 20.0 Å². The average Bonchev–Trinajstić information content (AvgIpc) is 2.38. The fourth-order valence-electron chi connectivity index (χ4n) is 1.63. The summed E-state index contributed by atoms with van der Waals surface area (Å²) >= 11 is 0. The van der Waals surface area contributed by atoms with Gasteiger partial charge in [-0.1, -0.05) is 12.1 Å². The third kappa shape index (κ3) is 2.37. The van der Waals surface area contributed by atoms with Crippen LogP contribution in [0.3, 0.4) is 0 Å². The second kappa shape index (κ2) is 4.96. The zero-order chi connectivity index (χ0) is 13.1. The van der Waals surface area contributed by atoms with Crippen molar-refractivity contribution < 1.29 is 13.8 Å². The molecule has 0 radical (unpaired) electrons. The molecule has 0 aliphatic rings. The minimum absolute atomic E-state index is 0.0695. The van der Waals surface area contributed by atoms with Gasteiger partial charge in [-0.15, -0.1) is 4.57 Å². The van der Waals surface area contributed by atoms with Gasteiger partial charge >= 0.3 is 5.91 Å². The van der Waals surface area contributed by atoms with Crippen molar-refractivity contribution in [1.29, 1.82) is 0 Å². The highest BCUT2D eigenvalue weighted by Crippen LogP contribution is 2.08. The fraction of sp³-hybridized carbons (Fsp3) is 0.143. The molecule has 0 atom stereocenters. The van der Waals surface area contributed by atoms with Gasteiger partial charge in [0.25, 0.3) is 0 Å². The first-order valence-electron chi connectivity index (χ1n) is 5.57. The Bertz CT molecular complexity index is 564. The minimum atomic E-state index is -0.508. The molecular weight excluding hydrogens is 231 g/mol. The molecule has 0 spiro atoms. The quantitative estimate of drug-likeness (QED) is 0.754. The van der Waals surface area contributed by atoms with Gasteiger partial charge in [0.05, 0.1) is 0 Å². The molecule has 0 saturated carbocycles. The largest absolute Gasteiger partial charge is 0.427 e. The van der Waals surface area contributed by atoms with Crippen molar-refractivity contribution in [3.8, 4) is 0 Å². The Hall–Kier alpha value is -2.23. The van der Waals surface area contributed by atoms with Gasteiger partial charge in [-0.05, 0) is 12.1 Å². The summed E-state index contributed by atoms with van der Waals surface area (Å²) in [6.07, 6.45) is 3.26. The molecule has 0 saturated heterocycles. The van der Waals surface area contributed by atoms with Crippen LogP contribution in [0.5, 0.6) is 0 Å². The van der Waals surface area contributed by atoms with Crippen LogP contribution in [0.1, 0.15) is 10.4 Å². The Balaban J connectivity index is 2.32. The van der Waals surface area contributed by atoms with Crippen molar-refractivity contribution in [3.05, 3.63) is 60.2 Å². The van der Waals surface area contributed by atoms with E-state index in [1.165, 1.54) is 16.7 Å². The molecular formula is C14H14FN2O+. The van der Waals surface area contributed by atoms with E-state index in [1.807, 2.05) is 19.0 Å². The van der Waals surface area contributed by atoms with E-state index in [0.717, 1.165) is 5.69 Å². The summed E-state index contributed by atoms with van der Waals surface area (Å²) in [5.74, 6) is -0.884. The summed E-state index contributed by atoms with van der Waals surface area (Å²) < 4.78 is 14.9. The SMILES string of the molecule is CN(C)c1cc[n+](C(=O)c2ccccc2F)cc1. The third-order valence-electron chi connectivity index (χ3n) is 2.67. The maximum Gasteiger partial charge on any atom is 0.427 e. The number of rotatable bonds is 2. The fourth-order valence-corrected chi connectivity index (χ4v) is 1.63. The molecule has 0 aliphatic carbocycles. The molecule has 0 bridgehead atoms. The summed E-state index contributed by atoms with van der Waals surface area (Å²) in [6, 6.07) is 9.57. The number of carbonyl (C=O) groups excluding carboxylic acids is 1. The zero-order valence-corrected chi connectivity index (χ0v) is 10.3. The van der Waals surface area contributed by atoms with E-state index >= 15 is 0 Å². The zero-order valence-electron chi connectivity index (χ0n) is 10.3. The van der Waals surface area contributed by atoms with Crippen LogP contribution in [0.15, 0.2) is 48.8 Å².